The van der Waals surface area contributed by atoms with Crippen LogP contribution in [-0.2, 0) is 17.9 Å². The van der Waals surface area contributed by atoms with Crippen molar-refractivity contribution in [3.63, 3.8) is 0 Å². The van der Waals surface area contributed by atoms with Gasteiger partial charge in [-0.15, -0.1) is 0 Å². The summed E-state index contributed by atoms with van der Waals surface area (Å²) in [6.07, 6.45) is 1.54. The second kappa shape index (κ2) is 8.65. The summed E-state index contributed by atoms with van der Waals surface area (Å²) in [5, 5.41) is 2.58. The highest BCUT2D eigenvalue weighted by molar-refractivity contribution is 6.52. The Morgan fingerprint density at radius 1 is 1.04 bits per heavy atom. The average Bonchev–Trinajstić information content (AvgIpc) is 3.06. The Kier molecular flexibility index (Phi) is 6.48. The number of halogens is 4. The number of hydrogen-bond donors (Lipinski definition) is 1. The molecule has 1 fully saturated rings. The maximum absolute atomic E-state index is 12.3. The van der Waals surface area contributed by atoms with Crippen LogP contribution in [0, 0.1) is 0 Å². The maximum atomic E-state index is 12.3. The molecule has 1 N–H and O–H groups in total. The summed E-state index contributed by atoms with van der Waals surface area (Å²) in [7, 11) is 0. The Labute approximate surface area is 176 Å². The monoisotopic (exact) mass is 445 g/mol. The Morgan fingerprint density at radius 2 is 1.70 bits per heavy atom. The molecule has 5 nitrogen and oxygen atoms in total. The first-order chi connectivity index (χ1) is 12.9. The van der Waals surface area contributed by atoms with Gasteiger partial charge in [0.15, 0.2) is 0 Å². The van der Waals surface area contributed by atoms with Crippen LogP contribution < -0.4 is 5.32 Å². The summed E-state index contributed by atoms with van der Waals surface area (Å²) in [6.45, 7) is 1.68. The number of carbonyl (C=O) groups excluding carboxylic acids is 2. The highest BCUT2D eigenvalue weighted by Gasteiger charge is 2.21. The lowest BCUT2D eigenvalue weighted by Gasteiger charge is -2.15. The van der Waals surface area contributed by atoms with Crippen molar-refractivity contribution in [2.24, 2.45) is 0 Å². The van der Waals surface area contributed by atoms with Crippen molar-refractivity contribution in [2.45, 2.75) is 25.9 Å². The van der Waals surface area contributed by atoms with Crippen molar-refractivity contribution in [3.05, 3.63) is 61.3 Å². The third-order valence-electron chi connectivity index (χ3n) is 4.22. The van der Waals surface area contributed by atoms with Crippen LogP contribution in [0.3, 0.4) is 0 Å². The number of carbonyl (C=O) groups is 2. The van der Waals surface area contributed by atoms with E-state index in [-0.39, 0.29) is 38.4 Å². The number of hydrogen-bond acceptors (Lipinski definition) is 3. The maximum Gasteiger partial charge on any atom is 0.271 e. The number of nitrogens with one attached hydrogen (secondary N) is 1. The van der Waals surface area contributed by atoms with E-state index in [2.05, 4.69) is 10.3 Å². The van der Waals surface area contributed by atoms with Crippen molar-refractivity contribution in [1.29, 1.82) is 0 Å². The summed E-state index contributed by atoms with van der Waals surface area (Å²) in [4.78, 5) is 29.8. The van der Waals surface area contributed by atoms with Crippen molar-refractivity contribution >= 4 is 58.2 Å². The molecule has 0 aliphatic carbocycles. The quantitative estimate of drug-likeness (QED) is 0.674. The molecule has 1 saturated heterocycles. The molecule has 0 bridgehead atoms. The lowest BCUT2D eigenvalue weighted by atomic mass is 10.1. The van der Waals surface area contributed by atoms with Gasteiger partial charge in [0.1, 0.15) is 10.8 Å². The van der Waals surface area contributed by atoms with Crippen molar-refractivity contribution < 1.29 is 9.59 Å². The molecule has 142 valence electrons. The van der Waals surface area contributed by atoms with Gasteiger partial charge in [-0.2, -0.15) is 0 Å². The lowest BCUT2D eigenvalue weighted by Crippen LogP contribution is -2.25. The van der Waals surface area contributed by atoms with Gasteiger partial charge in [0.05, 0.1) is 15.1 Å². The summed E-state index contributed by atoms with van der Waals surface area (Å²) < 4.78 is 0. The normalized spacial score (nSPS) is 13.9. The van der Waals surface area contributed by atoms with E-state index >= 15 is 0 Å². The smallest absolute Gasteiger partial charge is 0.271 e. The van der Waals surface area contributed by atoms with Crippen LogP contribution >= 0.6 is 46.4 Å². The first-order valence-electron chi connectivity index (χ1n) is 8.20. The number of likely N-dealkylation sites (tertiary alicyclic amines) is 1. The van der Waals surface area contributed by atoms with Crippen LogP contribution in [0.4, 0.5) is 0 Å². The Hall–Kier alpha value is -1.53. The second-order valence-corrected chi connectivity index (χ2v) is 7.60. The number of amides is 2. The minimum Gasteiger partial charge on any atom is -0.347 e. The lowest BCUT2D eigenvalue weighted by molar-refractivity contribution is -0.128. The van der Waals surface area contributed by atoms with E-state index in [0.717, 1.165) is 24.1 Å². The topological polar surface area (TPSA) is 62.3 Å². The van der Waals surface area contributed by atoms with Gasteiger partial charge in [-0.25, -0.2) is 4.98 Å². The number of aromatic nitrogens is 1. The Balaban J connectivity index is 1.62. The minimum absolute atomic E-state index is 0.00644. The molecule has 0 radical (unpaired) electrons. The van der Waals surface area contributed by atoms with Gasteiger partial charge in [0.2, 0.25) is 5.91 Å². The zero-order valence-electron chi connectivity index (χ0n) is 14.1. The van der Waals surface area contributed by atoms with Crippen LogP contribution in [0.25, 0.3) is 0 Å². The van der Waals surface area contributed by atoms with Crippen LogP contribution in [0.5, 0.6) is 0 Å². The molecule has 1 aromatic heterocycles. The molecule has 3 rings (SSSR count). The van der Waals surface area contributed by atoms with Crippen molar-refractivity contribution in [2.75, 3.05) is 6.54 Å². The highest BCUT2D eigenvalue weighted by Crippen LogP contribution is 2.36. The molecule has 0 saturated carbocycles. The summed E-state index contributed by atoms with van der Waals surface area (Å²) >= 11 is 23.7. The number of rotatable bonds is 5. The molecule has 0 spiro atoms. The largest absolute Gasteiger partial charge is 0.347 e. The Morgan fingerprint density at radius 3 is 2.33 bits per heavy atom. The van der Waals surface area contributed by atoms with Crippen LogP contribution in [0.1, 0.15) is 34.5 Å². The van der Waals surface area contributed by atoms with E-state index in [4.69, 9.17) is 46.4 Å². The molecular formula is C18H15Cl4N3O2. The molecule has 1 aliphatic heterocycles. The third kappa shape index (κ3) is 4.66. The SMILES string of the molecule is O=C(NCc1ccc(CN2CCCC2=O)cc1)c1nc(Cl)c(Cl)c(Cl)c1Cl. The molecular weight excluding hydrogens is 432 g/mol. The summed E-state index contributed by atoms with van der Waals surface area (Å²) in [6, 6.07) is 7.67. The van der Waals surface area contributed by atoms with E-state index in [1.807, 2.05) is 29.2 Å². The fraction of sp³-hybridized carbons (Fsp3) is 0.278. The Bertz CT molecular complexity index is 887. The molecule has 0 atom stereocenters. The zero-order chi connectivity index (χ0) is 19.6. The van der Waals surface area contributed by atoms with E-state index in [1.54, 1.807) is 0 Å². The predicted octanol–water partition coefficient (Wildman–Crippen LogP) is 4.75. The predicted molar refractivity (Wildman–Crippen MR) is 107 cm³/mol. The van der Waals surface area contributed by atoms with Gasteiger partial charge in [0.25, 0.3) is 5.91 Å². The summed E-state index contributed by atoms with van der Waals surface area (Å²) in [5.41, 5.74) is 1.85. The number of benzene rings is 1. The van der Waals surface area contributed by atoms with Crippen molar-refractivity contribution in [3.8, 4) is 0 Å². The van der Waals surface area contributed by atoms with Crippen LogP contribution in [0.15, 0.2) is 24.3 Å². The minimum atomic E-state index is -0.507. The molecule has 1 aliphatic rings. The van der Waals surface area contributed by atoms with Gasteiger partial charge in [-0.1, -0.05) is 70.7 Å². The molecule has 2 aromatic rings. The molecule has 1 aromatic carbocycles. The van der Waals surface area contributed by atoms with E-state index < -0.39 is 5.91 Å². The first-order valence-corrected chi connectivity index (χ1v) is 9.71. The van der Waals surface area contributed by atoms with Crippen LogP contribution in [0.2, 0.25) is 20.2 Å². The van der Waals surface area contributed by atoms with Crippen LogP contribution in [-0.4, -0.2) is 28.2 Å². The molecule has 2 heterocycles. The fourth-order valence-corrected chi connectivity index (χ4v) is 3.57. The highest BCUT2D eigenvalue weighted by atomic mass is 35.5. The third-order valence-corrected chi connectivity index (χ3v) is 5.90. The summed E-state index contributed by atoms with van der Waals surface area (Å²) in [5.74, 6) is -0.316. The molecule has 0 unspecified atom stereocenters. The van der Waals surface area contributed by atoms with Gasteiger partial charge < -0.3 is 10.2 Å². The van der Waals surface area contributed by atoms with Gasteiger partial charge in [0, 0.05) is 26.1 Å². The first kappa shape index (κ1) is 20.2. The average molecular weight is 447 g/mol. The van der Waals surface area contributed by atoms with E-state index in [1.165, 1.54) is 0 Å². The van der Waals surface area contributed by atoms with E-state index in [9.17, 15) is 9.59 Å². The molecule has 27 heavy (non-hydrogen) atoms. The number of pyridine rings is 1. The second-order valence-electron chi connectivity index (χ2n) is 6.11. The molecule has 2 amide bonds. The van der Waals surface area contributed by atoms with Gasteiger partial charge >= 0.3 is 0 Å². The van der Waals surface area contributed by atoms with E-state index in [0.29, 0.717) is 13.0 Å². The fourth-order valence-electron chi connectivity index (χ4n) is 2.76. The molecule has 9 heteroatoms. The van der Waals surface area contributed by atoms with Gasteiger partial charge in [-0.3, -0.25) is 9.59 Å². The zero-order valence-corrected chi connectivity index (χ0v) is 17.1. The number of nitrogens with zero attached hydrogens (tertiary/aromatic N) is 2. The van der Waals surface area contributed by atoms with Gasteiger partial charge in [-0.05, 0) is 17.5 Å². The van der Waals surface area contributed by atoms with Crippen molar-refractivity contribution in [1.82, 2.24) is 15.2 Å². The standard InChI is InChI=1S/C18H15Cl4N3O2/c19-13-14(20)16(24-17(22)15(13)21)18(27)23-8-10-3-5-11(6-4-10)9-25-7-1-2-12(25)26/h3-6H,1-2,7-9H2,(H,23,27).